The lowest BCUT2D eigenvalue weighted by molar-refractivity contribution is 0.111. The van der Waals surface area contributed by atoms with E-state index in [-0.39, 0.29) is 0 Å². The molecule has 0 saturated carbocycles. The van der Waals surface area contributed by atoms with Crippen molar-refractivity contribution in [3.8, 4) is 10.6 Å². The van der Waals surface area contributed by atoms with Crippen LogP contribution in [0, 0.1) is 0 Å². The molecule has 1 N–H and O–H groups in total. The second-order valence-electron chi connectivity index (χ2n) is 4.58. The summed E-state index contributed by atoms with van der Waals surface area (Å²) in [5.41, 5.74) is 3.35. The van der Waals surface area contributed by atoms with Gasteiger partial charge in [-0.1, -0.05) is 24.3 Å². The molecule has 0 radical (unpaired) electrons. The Hall–Kier alpha value is -2.46. The highest BCUT2D eigenvalue weighted by molar-refractivity contribution is 7.13. The fourth-order valence-electron chi connectivity index (χ4n) is 2.52. The van der Waals surface area contributed by atoms with Crippen LogP contribution in [0.15, 0.2) is 47.8 Å². The number of thiophene rings is 1. The highest BCUT2D eigenvalue weighted by Gasteiger charge is 2.13. The van der Waals surface area contributed by atoms with E-state index in [2.05, 4.69) is 16.0 Å². The van der Waals surface area contributed by atoms with Crippen molar-refractivity contribution in [2.45, 2.75) is 0 Å². The minimum Gasteiger partial charge on any atom is -0.353 e. The van der Waals surface area contributed by atoms with E-state index in [0.717, 1.165) is 38.7 Å². The summed E-state index contributed by atoms with van der Waals surface area (Å²) >= 11 is 1.62. The molecule has 4 rings (SSSR count). The van der Waals surface area contributed by atoms with Gasteiger partial charge in [0, 0.05) is 16.3 Å². The smallest absolute Gasteiger partial charge is 0.168 e. The molecule has 0 aliphatic rings. The lowest BCUT2D eigenvalue weighted by Gasteiger charge is -2.01. The van der Waals surface area contributed by atoms with Crippen molar-refractivity contribution in [1.82, 2.24) is 9.97 Å². The van der Waals surface area contributed by atoms with Gasteiger partial charge in [0.25, 0.3) is 0 Å². The Kier molecular flexibility index (Phi) is 2.44. The maximum atomic E-state index is 11.2. The van der Waals surface area contributed by atoms with E-state index >= 15 is 0 Å². The van der Waals surface area contributed by atoms with E-state index in [1.807, 2.05) is 41.8 Å². The number of hydrogen-bond donors (Lipinski definition) is 1. The molecule has 4 heteroatoms. The number of carbonyl (C=O) groups is 1. The number of hydrogen-bond acceptors (Lipinski definition) is 3. The Labute approximate surface area is 118 Å². The predicted molar refractivity (Wildman–Crippen MR) is 82.3 cm³/mol. The monoisotopic (exact) mass is 278 g/mol. The average Bonchev–Trinajstić information content (AvgIpc) is 3.13. The minimum atomic E-state index is 0.464. The van der Waals surface area contributed by atoms with Crippen LogP contribution in [-0.2, 0) is 0 Å². The number of para-hydroxylation sites is 1. The number of fused-ring (bicyclic) bond motifs is 3. The lowest BCUT2D eigenvalue weighted by Crippen LogP contribution is -1.90. The fourth-order valence-corrected chi connectivity index (χ4v) is 3.24. The molecule has 0 aliphatic carbocycles. The summed E-state index contributed by atoms with van der Waals surface area (Å²) < 4.78 is 0. The molecule has 0 bridgehead atoms. The third-order valence-corrected chi connectivity index (χ3v) is 4.27. The molecule has 1 aromatic carbocycles. The van der Waals surface area contributed by atoms with Crippen LogP contribution < -0.4 is 0 Å². The number of nitrogens with one attached hydrogen (secondary N) is 1. The zero-order valence-corrected chi connectivity index (χ0v) is 11.3. The highest BCUT2D eigenvalue weighted by Crippen LogP contribution is 2.34. The molecule has 0 aliphatic heterocycles. The third kappa shape index (κ3) is 1.58. The van der Waals surface area contributed by atoms with E-state index in [1.54, 1.807) is 11.3 Å². The van der Waals surface area contributed by atoms with Crippen LogP contribution in [0.3, 0.4) is 0 Å². The first-order chi connectivity index (χ1) is 9.86. The summed E-state index contributed by atoms with van der Waals surface area (Å²) in [5.74, 6) is 0. The van der Waals surface area contributed by atoms with Crippen LogP contribution in [0.5, 0.6) is 0 Å². The van der Waals surface area contributed by atoms with E-state index in [4.69, 9.17) is 0 Å². The average molecular weight is 278 g/mol. The fraction of sp³-hybridized carbons (Fsp3) is 0. The first-order valence-corrected chi connectivity index (χ1v) is 7.15. The zero-order valence-electron chi connectivity index (χ0n) is 10.5. The number of nitrogens with zero attached hydrogens (tertiary/aromatic N) is 1. The van der Waals surface area contributed by atoms with Gasteiger partial charge in [-0.25, -0.2) is 4.98 Å². The van der Waals surface area contributed by atoms with Gasteiger partial charge in [-0.3, -0.25) is 4.79 Å². The summed E-state index contributed by atoms with van der Waals surface area (Å²) in [5, 5.41) is 4.17. The van der Waals surface area contributed by atoms with E-state index in [0.29, 0.717) is 5.69 Å². The molecular formula is C16H10N2OS. The van der Waals surface area contributed by atoms with E-state index in [1.165, 1.54) is 0 Å². The summed E-state index contributed by atoms with van der Waals surface area (Å²) in [6.07, 6.45) is 0.804. The molecule has 4 aromatic rings. The lowest BCUT2D eigenvalue weighted by atomic mass is 10.1. The number of aromatic amines is 1. The van der Waals surface area contributed by atoms with Gasteiger partial charge in [-0.05, 0) is 23.6 Å². The van der Waals surface area contributed by atoms with Crippen molar-refractivity contribution in [2.24, 2.45) is 0 Å². The summed E-state index contributed by atoms with van der Waals surface area (Å²) in [6.45, 7) is 0. The number of aldehydes is 1. The van der Waals surface area contributed by atoms with Crippen molar-refractivity contribution in [1.29, 1.82) is 0 Å². The molecule has 0 atom stereocenters. The summed E-state index contributed by atoms with van der Waals surface area (Å²) in [7, 11) is 0. The van der Waals surface area contributed by atoms with Crippen LogP contribution in [0.4, 0.5) is 0 Å². The molecule has 3 heterocycles. The molecule has 96 valence electrons. The molecule has 0 spiro atoms. The molecule has 0 saturated heterocycles. The standard InChI is InChI=1S/C16H10N2OS/c19-9-10-8-12-11-4-1-2-5-13(11)18-15(12)16(17-10)14-6-3-7-20-14/h1-9,18H. The second kappa shape index (κ2) is 4.28. The maximum absolute atomic E-state index is 11.2. The van der Waals surface area contributed by atoms with E-state index in [9.17, 15) is 4.79 Å². The van der Waals surface area contributed by atoms with Crippen molar-refractivity contribution < 1.29 is 4.79 Å². The molecule has 0 amide bonds. The highest BCUT2D eigenvalue weighted by atomic mass is 32.1. The van der Waals surface area contributed by atoms with Gasteiger partial charge in [-0.2, -0.15) is 0 Å². The Balaban J connectivity index is 2.19. The molecular weight excluding hydrogens is 268 g/mol. The quantitative estimate of drug-likeness (QED) is 0.557. The van der Waals surface area contributed by atoms with Gasteiger partial charge < -0.3 is 4.98 Å². The third-order valence-electron chi connectivity index (χ3n) is 3.39. The first-order valence-electron chi connectivity index (χ1n) is 6.27. The molecule has 3 aromatic heterocycles. The Morgan fingerprint density at radius 2 is 2.00 bits per heavy atom. The van der Waals surface area contributed by atoms with Crippen molar-refractivity contribution in [2.75, 3.05) is 0 Å². The maximum Gasteiger partial charge on any atom is 0.168 e. The van der Waals surface area contributed by atoms with Gasteiger partial charge in [0.05, 0.1) is 10.4 Å². The predicted octanol–water partition coefficient (Wildman–Crippen LogP) is 4.26. The number of rotatable bonds is 2. The van der Waals surface area contributed by atoms with E-state index < -0.39 is 0 Å². The Morgan fingerprint density at radius 1 is 1.10 bits per heavy atom. The van der Waals surface area contributed by atoms with Crippen LogP contribution >= 0.6 is 11.3 Å². The first kappa shape index (κ1) is 11.4. The molecule has 20 heavy (non-hydrogen) atoms. The summed E-state index contributed by atoms with van der Waals surface area (Å²) in [6, 6.07) is 13.9. The Morgan fingerprint density at radius 3 is 2.80 bits per heavy atom. The zero-order chi connectivity index (χ0) is 13.5. The summed E-state index contributed by atoms with van der Waals surface area (Å²) in [4.78, 5) is 20.1. The molecule has 0 unspecified atom stereocenters. The van der Waals surface area contributed by atoms with Gasteiger partial charge >= 0.3 is 0 Å². The van der Waals surface area contributed by atoms with Crippen molar-refractivity contribution in [3.63, 3.8) is 0 Å². The van der Waals surface area contributed by atoms with Gasteiger partial charge in [-0.15, -0.1) is 11.3 Å². The van der Waals surface area contributed by atoms with Crippen molar-refractivity contribution in [3.05, 3.63) is 53.5 Å². The van der Waals surface area contributed by atoms with Crippen LogP contribution in [0.25, 0.3) is 32.4 Å². The topological polar surface area (TPSA) is 45.8 Å². The normalized spacial score (nSPS) is 11.2. The van der Waals surface area contributed by atoms with Gasteiger partial charge in [0.2, 0.25) is 0 Å². The number of carbonyl (C=O) groups excluding carboxylic acids is 1. The number of pyridine rings is 1. The minimum absolute atomic E-state index is 0.464. The van der Waals surface area contributed by atoms with Crippen LogP contribution in [-0.4, -0.2) is 16.3 Å². The van der Waals surface area contributed by atoms with Crippen LogP contribution in [0.2, 0.25) is 0 Å². The Bertz CT molecular complexity index is 922. The van der Waals surface area contributed by atoms with Crippen LogP contribution in [0.1, 0.15) is 10.5 Å². The van der Waals surface area contributed by atoms with Gasteiger partial charge in [0.1, 0.15) is 11.4 Å². The largest absolute Gasteiger partial charge is 0.353 e. The second-order valence-corrected chi connectivity index (χ2v) is 5.53. The van der Waals surface area contributed by atoms with Gasteiger partial charge in [0.15, 0.2) is 6.29 Å². The number of H-pyrrole nitrogens is 1. The number of aromatic nitrogens is 2. The molecule has 3 nitrogen and oxygen atoms in total. The SMILES string of the molecule is O=Cc1cc2c([nH]c3ccccc32)c(-c2cccs2)n1. The number of benzene rings is 1. The molecule has 0 fully saturated rings. The van der Waals surface area contributed by atoms with Crippen molar-refractivity contribution >= 4 is 39.4 Å².